The minimum absolute atomic E-state index is 0.261. The topological polar surface area (TPSA) is 68.3 Å². The molecule has 0 spiro atoms. The first-order chi connectivity index (χ1) is 11.9. The van der Waals surface area contributed by atoms with Crippen molar-refractivity contribution in [3.8, 4) is 10.6 Å². The van der Waals surface area contributed by atoms with Crippen molar-refractivity contribution in [3.63, 3.8) is 0 Å². The second-order valence-electron chi connectivity index (χ2n) is 5.38. The predicted molar refractivity (Wildman–Crippen MR) is 103 cm³/mol. The Morgan fingerprint density at radius 2 is 1.96 bits per heavy atom. The first kappa shape index (κ1) is 17.8. The van der Waals surface area contributed by atoms with Crippen LogP contribution in [0.1, 0.15) is 36.2 Å². The number of ether oxygens (including phenoxy) is 1. The molecule has 5 nitrogen and oxygen atoms in total. The van der Waals surface area contributed by atoms with E-state index in [2.05, 4.69) is 10.3 Å². The number of amides is 1. The van der Waals surface area contributed by atoms with E-state index < -0.39 is 5.97 Å². The van der Waals surface area contributed by atoms with E-state index in [1.165, 1.54) is 29.8 Å². The summed E-state index contributed by atoms with van der Waals surface area (Å²) >= 11 is 4.31. The first-order valence-electron chi connectivity index (χ1n) is 7.42. The highest BCUT2D eigenvalue weighted by molar-refractivity contribution is 7.18. The molecule has 0 fully saturated rings. The fourth-order valence-electron chi connectivity index (χ4n) is 2.34. The predicted octanol–water partition coefficient (Wildman–Crippen LogP) is 4.90. The molecule has 0 atom stereocenters. The zero-order valence-electron chi connectivity index (χ0n) is 14.1. The fraction of sp³-hybridized carbons (Fsp3) is 0.235. The maximum atomic E-state index is 12.7. The van der Waals surface area contributed by atoms with Crippen LogP contribution in [0.5, 0.6) is 0 Å². The number of anilines is 1. The Kier molecular flexibility index (Phi) is 5.03. The van der Waals surface area contributed by atoms with Gasteiger partial charge in [-0.15, -0.1) is 22.7 Å². The van der Waals surface area contributed by atoms with E-state index in [0.29, 0.717) is 21.1 Å². The summed E-state index contributed by atoms with van der Waals surface area (Å²) in [5.74, 6) is -0.708. The largest absolute Gasteiger partial charge is 0.465 e. The number of nitrogens with one attached hydrogen (secondary N) is 1. The van der Waals surface area contributed by atoms with Crippen molar-refractivity contribution >= 4 is 50.9 Å². The molecule has 130 valence electrons. The van der Waals surface area contributed by atoms with Gasteiger partial charge in [0.2, 0.25) is 0 Å². The third-order valence-electron chi connectivity index (χ3n) is 3.77. The van der Waals surface area contributed by atoms with Crippen LogP contribution in [0.2, 0.25) is 0 Å². The number of esters is 1. The molecule has 0 unspecified atom stereocenters. The molecule has 0 aromatic carbocycles. The Balaban J connectivity index is 1.91. The minimum Gasteiger partial charge on any atom is -0.465 e. The SMILES string of the molecule is COC(=O)c1c(NC(=O)c2sc(-c3ccsc3)nc2C)sc(C)c1C. The van der Waals surface area contributed by atoms with Gasteiger partial charge >= 0.3 is 5.97 Å². The Morgan fingerprint density at radius 3 is 2.60 bits per heavy atom. The van der Waals surface area contributed by atoms with Crippen LogP contribution in [0.15, 0.2) is 16.8 Å². The van der Waals surface area contributed by atoms with Gasteiger partial charge in [0.15, 0.2) is 0 Å². The van der Waals surface area contributed by atoms with Crippen LogP contribution in [0.4, 0.5) is 5.00 Å². The molecular weight excluding hydrogens is 376 g/mol. The molecule has 8 heteroatoms. The van der Waals surface area contributed by atoms with Crippen molar-refractivity contribution in [1.29, 1.82) is 0 Å². The lowest BCUT2D eigenvalue weighted by Gasteiger charge is -2.05. The number of carbonyl (C=O) groups is 2. The van der Waals surface area contributed by atoms with Crippen molar-refractivity contribution < 1.29 is 14.3 Å². The summed E-state index contributed by atoms with van der Waals surface area (Å²) in [6.07, 6.45) is 0. The van der Waals surface area contributed by atoms with Gasteiger partial charge in [-0.05, 0) is 37.8 Å². The quantitative estimate of drug-likeness (QED) is 0.642. The Morgan fingerprint density at radius 1 is 1.20 bits per heavy atom. The van der Waals surface area contributed by atoms with E-state index in [4.69, 9.17) is 4.74 Å². The molecule has 0 saturated heterocycles. The number of aryl methyl sites for hydroxylation is 2. The van der Waals surface area contributed by atoms with Crippen LogP contribution >= 0.6 is 34.0 Å². The van der Waals surface area contributed by atoms with Gasteiger partial charge in [-0.25, -0.2) is 9.78 Å². The van der Waals surface area contributed by atoms with E-state index in [0.717, 1.165) is 21.0 Å². The van der Waals surface area contributed by atoms with Crippen molar-refractivity contribution in [2.45, 2.75) is 20.8 Å². The number of thiophene rings is 2. The molecule has 0 radical (unpaired) electrons. The second-order valence-corrected chi connectivity index (χ2v) is 8.38. The third kappa shape index (κ3) is 3.37. The highest BCUT2D eigenvalue weighted by Crippen LogP contribution is 2.35. The van der Waals surface area contributed by atoms with Gasteiger partial charge < -0.3 is 10.1 Å². The van der Waals surface area contributed by atoms with Crippen molar-refractivity contribution in [2.75, 3.05) is 12.4 Å². The van der Waals surface area contributed by atoms with E-state index in [-0.39, 0.29) is 5.91 Å². The van der Waals surface area contributed by atoms with E-state index >= 15 is 0 Å². The molecule has 3 rings (SSSR count). The number of thiazole rings is 1. The van der Waals surface area contributed by atoms with Gasteiger partial charge in [0.05, 0.1) is 18.4 Å². The standard InChI is InChI=1S/C17H16N2O3S3/c1-8-10(3)24-16(12(8)17(21)22-4)19-14(20)13-9(2)18-15(25-13)11-5-6-23-7-11/h5-7H,1-4H3,(H,19,20). The van der Waals surface area contributed by atoms with Gasteiger partial charge in [0.1, 0.15) is 14.9 Å². The number of carbonyl (C=O) groups excluding carboxylic acids is 2. The smallest absolute Gasteiger partial charge is 0.341 e. The molecule has 25 heavy (non-hydrogen) atoms. The molecule has 0 aliphatic rings. The zero-order valence-corrected chi connectivity index (χ0v) is 16.6. The van der Waals surface area contributed by atoms with Gasteiger partial charge in [0, 0.05) is 15.8 Å². The average Bonchev–Trinajstić information content (AvgIpc) is 3.28. The van der Waals surface area contributed by atoms with Crippen LogP contribution < -0.4 is 5.32 Å². The minimum atomic E-state index is -0.447. The summed E-state index contributed by atoms with van der Waals surface area (Å²) in [7, 11) is 1.33. The zero-order chi connectivity index (χ0) is 18.1. The highest BCUT2D eigenvalue weighted by Gasteiger charge is 2.24. The summed E-state index contributed by atoms with van der Waals surface area (Å²) in [4.78, 5) is 30.8. The normalized spacial score (nSPS) is 10.7. The summed E-state index contributed by atoms with van der Waals surface area (Å²) in [5, 5.41) is 8.16. The van der Waals surface area contributed by atoms with Crippen molar-refractivity contribution in [3.05, 3.63) is 43.4 Å². The van der Waals surface area contributed by atoms with Gasteiger partial charge in [-0.1, -0.05) is 0 Å². The molecule has 0 aliphatic heterocycles. The summed E-state index contributed by atoms with van der Waals surface area (Å²) in [5.41, 5.74) is 2.93. The second kappa shape index (κ2) is 7.07. The van der Waals surface area contributed by atoms with E-state index in [9.17, 15) is 9.59 Å². The first-order valence-corrected chi connectivity index (χ1v) is 9.99. The Bertz CT molecular complexity index is 939. The summed E-state index contributed by atoms with van der Waals surface area (Å²) in [6, 6.07) is 1.98. The van der Waals surface area contributed by atoms with E-state index in [1.54, 1.807) is 11.3 Å². The molecule has 1 N–H and O–H groups in total. The molecular formula is C17H16N2O3S3. The number of hydrogen-bond acceptors (Lipinski definition) is 7. The van der Waals surface area contributed by atoms with Crippen LogP contribution in [0.3, 0.4) is 0 Å². The van der Waals surface area contributed by atoms with Crippen LogP contribution in [-0.4, -0.2) is 24.0 Å². The maximum absolute atomic E-state index is 12.7. The summed E-state index contributed by atoms with van der Waals surface area (Å²) in [6.45, 7) is 5.57. The third-order valence-corrected chi connectivity index (χ3v) is 6.78. The fourth-order valence-corrected chi connectivity index (χ4v) is 5.06. The number of nitrogens with zero attached hydrogens (tertiary/aromatic N) is 1. The molecule has 0 aliphatic carbocycles. The lowest BCUT2D eigenvalue weighted by atomic mass is 10.1. The van der Waals surface area contributed by atoms with Gasteiger partial charge in [-0.3, -0.25) is 4.79 Å². The lowest BCUT2D eigenvalue weighted by Crippen LogP contribution is -2.14. The molecule has 3 heterocycles. The summed E-state index contributed by atoms with van der Waals surface area (Å²) < 4.78 is 4.84. The molecule has 3 aromatic rings. The number of methoxy groups -OCH3 is 1. The monoisotopic (exact) mass is 392 g/mol. The van der Waals surface area contributed by atoms with Crippen LogP contribution in [0.25, 0.3) is 10.6 Å². The lowest BCUT2D eigenvalue weighted by molar-refractivity contribution is 0.0601. The molecule has 3 aromatic heterocycles. The Labute approximate surface area is 157 Å². The van der Waals surface area contributed by atoms with Crippen LogP contribution in [0, 0.1) is 20.8 Å². The number of aromatic nitrogens is 1. The molecule has 0 bridgehead atoms. The van der Waals surface area contributed by atoms with Gasteiger partial charge in [0.25, 0.3) is 5.91 Å². The van der Waals surface area contributed by atoms with Crippen LogP contribution in [-0.2, 0) is 4.74 Å². The average molecular weight is 393 g/mol. The Hall–Kier alpha value is -2.03. The number of rotatable bonds is 4. The maximum Gasteiger partial charge on any atom is 0.341 e. The van der Waals surface area contributed by atoms with Crippen molar-refractivity contribution in [1.82, 2.24) is 4.98 Å². The van der Waals surface area contributed by atoms with Crippen molar-refractivity contribution in [2.24, 2.45) is 0 Å². The van der Waals surface area contributed by atoms with E-state index in [1.807, 2.05) is 37.6 Å². The van der Waals surface area contributed by atoms with Gasteiger partial charge in [-0.2, -0.15) is 11.3 Å². The number of hydrogen-bond donors (Lipinski definition) is 1. The molecule has 1 amide bonds. The highest BCUT2D eigenvalue weighted by atomic mass is 32.1. The molecule has 0 saturated carbocycles.